The molecule has 0 aromatic heterocycles. The van der Waals surface area contributed by atoms with Crippen LogP contribution < -0.4 is 4.74 Å². The molecule has 3 heteroatoms. The molecule has 0 aliphatic carbocycles. The summed E-state index contributed by atoms with van der Waals surface area (Å²) in [7, 11) is 0. The van der Waals surface area contributed by atoms with Crippen LogP contribution in [-0.4, -0.2) is 12.9 Å². The van der Waals surface area contributed by atoms with Crippen LogP contribution in [0.5, 0.6) is 5.75 Å². The number of halogens is 1. The highest BCUT2D eigenvalue weighted by molar-refractivity contribution is 9.11. The Hall–Kier alpha value is -1.09. The summed E-state index contributed by atoms with van der Waals surface area (Å²) < 4.78 is 6.11. The molecule has 1 aromatic rings. The Morgan fingerprint density at radius 3 is 2.93 bits per heavy atom. The molecule has 0 atom stereocenters. The van der Waals surface area contributed by atoms with Gasteiger partial charge in [-0.25, -0.2) is 0 Å². The summed E-state index contributed by atoms with van der Waals surface area (Å²) in [6, 6.07) is 5.48. The quantitative estimate of drug-likeness (QED) is 0.773. The van der Waals surface area contributed by atoms with Crippen molar-refractivity contribution in [3.8, 4) is 5.75 Å². The van der Waals surface area contributed by atoms with Gasteiger partial charge in [-0.15, -0.1) is 0 Å². The van der Waals surface area contributed by atoms with Gasteiger partial charge in [0.15, 0.2) is 6.29 Å². The normalized spacial score (nSPS) is 9.57. The lowest BCUT2D eigenvalue weighted by molar-refractivity contribution is 0.112. The third-order valence-corrected chi connectivity index (χ3v) is 1.91. The molecule has 0 saturated heterocycles. The van der Waals surface area contributed by atoms with Gasteiger partial charge in [-0.05, 0) is 19.1 Å². The number of aldehydes is 1. The van der Waals surface area contributed by atoms with Crippen LogP contribution in [-0.2, 0) is 0 Å². The Labute approximate surface area is 91.7 Å². The van der Waals surface area contributed by atoms with Crippen molar-refractivity contribution in [2.24, 2.45) is 0 Å². The SMILES string of the molecule is C=C(Br)COc1ccc(C)cc1C=O. The van der Waals surface area contributed by atoms with Crippen molar-refractivity contribution in [3.05, 3.63) is 40.4 Å². The largest absolute Gasteiger partial charge is 0.488 e. The summed E-state index contributed by atoms with van der Waals surface area (Å²) in [6.07, 6.45) is 0.791. The molecule has 1 rings (SSSR count). The summed E-state index contributed by atoms with van der Waals surface area (Å²) in [6.45, 7) is 5.94. The Kier molecular flexibility index (Phi) is 3.89. The minimum Gasteiger partial charge on any atom is -0.488 e. The van der Waals surface area contributed by atoms with Crippen LogP contribution in [0.1, 0.15) is 15.9 Å². The van der Waals surface area contributed by atoms with Crippen molar-refractivity contribution >= 4 is 22.2 Å². The van der Waals surface area contributed by atoms with Gasteiger partial charge < -0.3 is 4.74 Å². The molecule has 0 aliphatic rings. The molecule has 0 heterocycles. The van der Waals surface area contributed by atoms with Gasteiger partial charge in [0.25, 0.3) is 0 Å². The van der Waals surface area contributed by atoms with E-state index in [1.807, 2.05) is 13.0 Å². The van der Waals surface area contributed by atoms with E-state index in [0.717, 1.165) is 16.3 Å². The number of benzene rings is 1. The average molecular weight is 255 g/mol. The summed E-state index contributed by atoms with van der Waals surface area (Å²) in [5.74, 6) is 0.589. The van der Waals surface area contributed by atoms with Crippen LogP contribution in [0.2, 0.25) is 0 Å². The predicted molar refractivity (Wildman–Crippen MR) is 60.1 cm³/mol. The van der Waals surface area contributed by atoms with Crippen molar-refractivity contribution < 1.29 is 9.53 Å². The van der Waals surface area contributed by atoms with E-state index in [9.17, 15) is 4.79 Å². The van der Waals surface area contributed by atoms with E-state index in [1.165, 1.54) is 0 Å². The molecule has 0 amide bonds. The van der Waals surface area contributed by atoms with Gasteiger partial charge in [0.1, 0.15) is 12.4 Å². The number of carbonyl (C=O) groups is 1. The molecule has 0 fully saturated rings. The molecular weight excluding hydrogens is 244 g/mol. The first-order valence-corrected chi connectivity index (χ1v) is 4.94. The molecule has 0 N–H and O–H groups in total. The summed E-state index contributed by atoms with van der Waals surface area (Å²) in [4.78, 5) is 10.7. The third kappa shape index (κ3) is 3.00. The molecule has 0 aliphatic heterocycles. The zero-order valence-corrected chi connectivity index (χ0v) is 9.50. The predicted octanol–water partition coefficient (Wildman–Crippen LogP) is 3.09. The van der Waals surface area contributed by atoms with Crippen molar-refractivity contribution in [3.63, 3.8) is 0 Å². The lowest BCUT2D eigenvalue weighted by Gasteiger charge is -2.07. The fraction of sp³-hybridized carbons (Fsp3) is 0.182. The van der Waals surface area contributed by atoms with Gasteiger partial charge >= 0.3 is 0 Å². The molecule has 74 valence electrons. The van der Waals surface area contributed by atoms with Crippen LogP contribution in [0.3, 0.4) is 0 Å². The van der Waals surface area contributed by atoms with Gasteiger partial charge in [0.05, 0.1) is 5.56 Å². The molecule has 2 nitrogen and oxygen atoms in total. The van der Waals surface area contributed by atoms with Gasteiger partial charge in [-0.2, -0.15) is 0 Å². The first kappa shape index (κ1) is 11.0. The maximum Gasteiger partial charge on any atom is 0.153 e. The minimum absolute atomic E-state index is 0.365. The van der Waals surface area contributed by atoms with Crippen LogP contribution in [0.25, 0.3) is 0 Å². The smallest absolute Gasteiger partial charge is 0.153 e. The molecule has 0 spiro atoms. The lowest BCUT2D eigenvalue weighted by Crippen LogP contribution is -1.99. The Bertz CT molecular complexity index is 358. The van der Waals surface area contributed by atoms with E-state index in [0.29, 0.717) is 17.9 Å². The fourth-order valence-electron chi connectivity index (χ4n) is 1.05. The fourth-order valence-corrected chi connectivity index (χ4v) is 1.16. The summed E-state index contributed by atoms with van der Waals surface area (Å²) in [5.41, 5.74) is 1.61. The molecule has 1 aromatic carbocycles. The lowest BCUT2D eigenvalue weighted by atomic mass is 10.1. The second-order valence-electron chi connectivity index (χ2n) is 2.97. The number of ether oxygens (including phenoxy) is 1. The average Bonchev–Trinajstić information content (AvgIpc) is 2.15. The summed E-state index contributed by atoms with van der Waals surface area (Å²) in [5, 5.41) is 0. The van der Waals surface area contributed by atoms with E-state index in [-0.39, 0.29) is 0 Å². The van der Waals surface area contributed by atoms with Crippen molar-refractivity contribution in [2.45, 2.75) is 6.92 Å². The second kappa shape index (κ2) is 4.96. The Morgan fingerprint density at radius 2 is 2.36 bits per heavy atom. The third-order valence-electron chi connectivity index (χ3n) is 1.68. The van der Waals surface area contributed by atoms with Crippen LogP contribution >= 0.6 is 15.9 Å². The molecule has 0 radical (unpaired) electrons. The first-order chi connectivity index (χ1) is 6.63. The molecule has 14 heavy (non-hydrogen) atoms. The monoisotopic (exact) mass is 254 g/mol. The van der Waals surface area contributed by atoms with Gasteiger partial charge in [-0.3, -0.25) is 4.79 Å². The van der Waals surface area contributed by atoms with E-state index in [2.05, 4.69) is 22.5 Å². The van der Waals surface area contributed by atoms with E-state index < -0.39 is 0 Å². The number of rotatable bonds is 4. The van der Waals surface area contributed by atoms with E-state index >= 15 is 0 Å². The van der Waals surface area contributed by atoms with Gasteiger partial charge in [-0.1, -0.05) is 34.1 Å². The molecular formula is C11H11BrO2. The highest BCUT2D eigenvalue weighted by Gasteiger charge is 2.02. The summed E-state index contributed by atoms with van der Waals surface area (Å²) >= 11 is 3.19. The van der Waals surface area contributed by atoms with Gasteiger partial charge in [0.2, 0.25) is 0 Å². The molecule has 0 saturated carbocycles. The topological polar surface area (TPSA) is 26.3 Å². The van der Waals surface area contributed by atoms with Crippen molar-refractivity contribution in [1.82, 2.24) is 0 Å². The zero-order chi connectivity index (χ0) is 10.6. The Morgan fingerprint density at radius 1 is 1.64 bits per heavy atom. The van der Waals surface area contributed by atoms with E-state index in [1.54, 1.807) is 12.1 Å². The van der Waals surface area contributed by atoms with Crippen molar-refractivity contribution in [1.29, 1.82) is 0 Å². The Balaban J connectivity index is 2.85. The highest BCUT2D eigenvalue weighted by atomic mass is 79.9. The van der Waals surface area contributed by atoms with Crippen molar-refractivity contribution in [2.75, 3.05) is 6.61 Å². The molecule has 0 bridgehead atoms. The van der Waals surface area contributed by atoms with Crippen LogP contribution in [0.4, 0.5) is 0 Å². The maximum absolute atomic E-state index is 10.7. The van der Waals surface area contributed by atoms with Gasteiger partial charge in [0, 0.05) is 4.48 Å². The first-order valence-electron chi connectivity index (χ1n) is 4.15. The maximum atomic E-state index is 10.7. The minimum atomic E-state index is 0.365. The molecule has 0 unspecified atom stereocenters. The second-order valence-corrected chi connectivity index (χ2v) is 4.09. The number of aryl methyl sites for hydroxylation is 1. The van der Waals surface area contributed by atoms with Crippen LogP contribution in [0.15, 0.2) is 29.3 Å². The number of carbonyl (C=O) groups excluding carboxylic acids is 1. The number of hydrogen-bond donors (Lipinski definition) is 0. The van der Waals surface area contributed by atoms with E-state index in [4.69, 9.17) is 4.74 Å². The highest BCUT2D eigenvalue weighted by Crippen LogP contribution is 2.19. The standard InChI is InChI=1S/C11H11BrO2/c1-8-3-4-11(10(5-8)6-13)14-7-9(2)12/h3-6H,2,7H2,1H3. The zero-order valence-electron chi connectivity index (χ0n) is 7.92. The number of hydrogen-bond acceptors (Lipinski definition) is 2. The van der Waals surface area contributed by atoms with Crippen LogP contribution in [0, 0.1) is 6.92 Å².